The maximum absolute atomic E-state index is 11.9. The van der Waals surface area contributed by atoms with Gasteiger partial charge in [-0.25, -0.2) is 13.1 Å². The average Bonchev–Trinajstić information content (AvgIpc) is 2.81. The molecule has 2 rings (SSSR count). The van der Waals surface area contributed by atoms with Crippen molar-refractivity contribution >= 4 is 10.0 Å². The summed E-state index contributed by atoms with van der Waals surface area (Å²) in [5, 5.41) is 2.94. The number of ether oxygens (including phenoxy) is 1. The highest BCUT2D eigenvalue weighted by atomic mass is 32.2. The number of nitrogens with one attached hydrogen (secondary N) is 2. The van der Waals surface area contributed by atoms with Crippen molar-refractivity contribution in [3.8, 4) is 0 Å². The van der Waals surface area contributed by atoms with E-state index in [9.17, 15) is 8.42 Å². The zero-order valence-corrected chi connectivity index (χ0v) is 10.3. The van der Waals surface area contributed by atoms with Gasteiger partial charge in [0.05, 0.1) is 11.4 Å². The van der Waals surface area contributed by atoms with Crippen LogP contribution in [0.5, 0.6) is 0 Å². The lowest BCUT2D eigenvalue weighted by atomic mass is 10.2. The van der Waals surface area contributed by atoms with Crippen molar-refractivity contribution < 1.29 is 13.2 Å². The predicted octanol–water partition coefficient (Wildman–Crippen LogP) is -0.163. The fourth-order valence-corrected chi connectivity index (χ4v) is 3.75. The van der Waals surface area contributed by atoms with E-state index in [1.807, 2.05) is 0 Å². The van der Waals surface area contributed by atoms with Crippen LogP contribution in [0.25, 0.3) is 0 Å². The van der Waals surface area contributed by atoms with Crippen LogP contribution in [0.1, 0.15) is 25.7 Å². The van der Waals surface area contributed by atoms with Gasteiger partial charge in [-0.05, 0) is 38.8 Å². The molecule has 2 heterocycles. The molecule has 0 spiro atoms. The van der Waals surface area contributed by atoms with Crippen LogP contribution in [0, 0.1) is 0 Å². The van der Waals surface area contributed by atoms with Crippen LogP contribution < -0.4 is 10.0 Å². The standard InChI is InChI=1S/C10H20N2O3S/c13-16(14,10-3-5-11-6-4-10)12-8-9-2-1-7-15-9/h9-12H,1-8H2. The quantitative estimate of drug-likeness (QED) is 0.725. The van der Waals surface area contributed by atoms with Gasteiger partial charge in [0.15, 0.2) is 0 Å². The first-order valence-corrected chi connectivity index (χ1v) is 7.54. The van der Waals surface area contributed by atoms with Gasteiger partial charge in [-0.15, -0.1) is 0 Å². The Bertz CT molecular complexity index is 306. The third-order valence-corrected chi connectivity index (χ3v) is 5.18. The van der Waals surface area contributed by atoms with E-state index in [2.05, 4.69) is 10.0 Å². The first-order chi connectivity index (χ1) is 7.68. The van der Waals surface area contributed by atoms with E-state index in [0.717, 1.165) is 32.5 Å². The van der Waals surface area contributed by atoms with E-state index >= 15 is 0 Å². The van der Waals surface area contributed by atoms with Gasteiger partial charge in [0.2, 0.25) is 10.0 Å². The SMILES string of the molecule is O=S(=O)(NCC1CCCO1)C1CCNCC1. The van der Waals surface area contributed by atoms with Crippen molar-refractivity contribution in [3.63, 3.8) is 0 Å². The van der Waals surface area contributed by atoms with Gasteiger partial charge in [-0.2, -0.15) is 0 Å². The average molecular weight is 248 g/mol. The molecule has 0 aliphatic carbocycles. The fraction of sp³-hybridized carbons (Fsp3) is 1.00. The Hall–Kier alpha value is -0.170. The van der Waals surface area contributed by atoms with Crippen LogP contribution in [0.4, 0.5) is 0 Å². The summed E-state index contributed by atoms with van der Waals surface area (Å²) in [6.07, 6.45) is 3.51. The van der Waals surface area contributed by atoms with Crippen molar-refractivity contribution in [2.45, 2.75) is 37.0 Å². The Kier molecular flexibility index (Phi) is 4.18. The summed E-state index contributed by atoms with van der Waals surface area (Å²) >= 11 is 0. The predicted molar refractivity (Wildman–Crippen MR) is 61.8 cm³/mol. The second-order valence-electron chi connectivity index (χ2n) is 4.48. The highest BCUT2D eigenvalue weighted by Gasteiger charge is 2.28. The van der Waals surface area contributed by atoms with Gasteiger partial charge in [0.25, 0.3) is 0 Å². The van der Waals surface area contributed by atoms with Crippen molar-refractivity contribution in [1.82, 2.24) is 10.0 Å². The van der Waals surface area contributed by atoms with E-state index in [0.29, 0.717) is 19.4 Å². The van der Waals surface area contributed by atoms with Crippen LogP contribution in [0.3, 0.4) is 0 Å². The molecule has 0 aromatic rings. The summed E-state index contributed by atoms with van der Waals surface area (Å²) in [7, 11) is -3.14. The highest BCUT2D eigenvalue weighted by molar-refractivity contribution is 7.90. The summed E-state index contributed by atoms with van der Waals surface area (Å²) in [6.45, 7) is 2.79. The first kappa shape index (κ1) is 12.3. The lowest BCUT2D eigenvalue weighted by Crippen LogP contribution is -2.43. The van der Waals surface area contributed by atoms with E-state index in [1.165, 1.54) is 0 Å². The van der Waals surface area contributed by atoms with Crippen LogP contribution in [0.2, 0.25) is 0 Å². The molecule has 0 aromatic heterocycles. The number of hydrogen-bond donors (Lipinski definition) is 2. The van der Waals surface area contributed by atoms with E-state index in [4.69, 9.17) is 4.74 Å². The Morgan fingerprint density at radius 3 is 2.62 bits per heavy atom. The minimum atomic E-state index is -3.14. The summed E-state index contributed by atoms with van der Waals surface area (Å²) < 4.78 is 32.0. The normalized spacial score (nSPS) is 28.4. The molecule has 2 fully saturated rings. The lowest BCUT2D eigenvalue weighted by molar-refractivity contribution is 0.114. The molecule has 2 N–H and O–H groups in total. The van der Waals surface area contributed by atoms with Crippen LogP contribution in [-0.2, 0) is 14.8 Å². The molecule has 0 aromatic carbocycles. The summed E-state index contributed by atoms with van der Waals surface area (Å²) in [4.78, 5) is 0. The number of hydrogen-bond acceptors (Lipinski definition) is 4. The zero-order chi connectivity index (χ0) is 11.4. The van der Waals surface area contributed by atoms with E-state index < -0.39 is 10.0 Å². The van der Waals surface area contributed by atoms with Gasteiger partial charge in [0.1, 0.15) is 0 Å². The number of rotatable bonds is 4. The van der Waals surface area contributed by atoms with Crippen molar-refractivity contribution in [3.05, 3.63) is 0 Å². The van der Waals surface area contributed by atoms with Gasteiger partial charge in [-0.3, -0.25) is 0 Å². The van der Waals surface area contributed by atoms with Crippen molar-refractivity contribution in [1.29, 1.82) is 0 Å². The Morgan fingerprint density at radius 2 is 2.00 bits per heavy atom. The topological polar surface area (TPSA) is 67.4 Å². The minimum Gasteiger partial charge on any atom is -0.377 e. The van der Waals surface area contributed by atoms with Gasteiger partial charge >= 0.3 is 0 Å². The molecule has 0 radical (unpaired) electrons. The molecule has 1 unspecified atom stereocenters. The van der Waals surface area contributed by atoms with Gasteiger partial charge in [0, 0.05) is 13.2 Å². The monoisotopic (exact) mass is 248 g/mol. The Morgan fingerprint density at radius 1 is 1.25 bits per heavy atom. The zero-order valence-electron chi connectivity index (χ0n) is 9.44. The van der Waals surface area contributed by atoms with Crippen molar-refractivity contribution in [2.75, 3.05) is 26.2 Å². The van der Waals surface area contributed by atoms with E-state index in [1.54, 1.807) is 0 Å². The van der Waals surface area contributed by atoms with Crippen LogP contribution in [0.15, 0.2) is 0 Å². The molecular formula is C10H20N2O3S. The smallest absolute Gasteiger partial charge is 0.214 e. The molecule has 2 aliphatic heterocycles. The molecule has 1 atom stereocenters. The van der Waals surface area contributed by atoms with Crippen LogP contribution >= 0.6 is 0 Å². The second-order valence-corrected chi connectivity index (χ2v) is 6.52. The largest absolute Gasteiger partial charge is 0.377 e. The number of sulfonamides is 1. The molecule has 0 amide bonds. The maximum atomic E-state index is 11.9. The summed E-state index contributed by atoms with van der Waals surface area (Å²) in [6, 6.07) is 0. The third kappa shape index (κ3) is 3.16. The fourth-order valence-electron chi connectivity index (χ4n) is 2.24. The lowest BCUT2D eigenvalue weighted by Gasteiger charge is -2.23. The summed E-state index contributed by atoms with van der Waals surface area (Å²) in [5.41, 5.74) is 0. The van der Waals surface area contributed by atoms with Gasteiger partial charge in [-0.1, -0.05) is 0 Å². The molecule has 94 valence electrons. The number of piperidine rings is 1. The first-order valence-electron chi connectivity index (χ1n) is 5.99. The third-order valence-electron chi connectivity index (χ3n) is 3.26. The van der Waals surface area contributed by atoms with E-state index in [-0.39, 0.29) is 11.4 Å². The van der Waals surface area contributed by atoms with Crippen LogP contribution in [-0.4, -0.2) is 46.0 Å². The molecule has 6 heteroatoms. The molecular weight excluding hydrogens is 228 g/mol. The summed E-state index contributed by atoms with van der Waals surface area (Å²) in [5.74, 6) is 0. The van der Waals surface area contributed by atoms with Crippen molar-refractivity contribution in [2.24, 2.45) is 0 Å². The molecule has 0 bridgehead atoms. The Labute approximate surface area is 97.0 Å². The molecule has 5 nitrogen and oxygen atoms in total. The molecule has 0 saturated carbocycles. The highest BCUT2D eigenvalue weighted by Crippen LogP contribution is 2.14. The Balaban J connectivity index is 1.81. The molecule has 2 aliphatic rings. The minimum absolute atomic E-state index is 0.0801. The maximum Gasteiger partial charge on any atom is 0.214 e. The second kappa shape index (κ2) is 5.44. The van der Waals surface area contributed by atoms with Gasteiger partial charge < -0.3 is 10.1 Å². The molecule has 16 heavy (non-hydrogen) atoms. The molecule has 2 saturated heterocycles.